The van der Waals surface area contributed by atoms with Crippen molar-refractivity contribution in [3.05, 3.63) is 16.2 Å². The van der Waals surface area contributed by atoms with Crippen LogP contribution in [0.1, 0.15) is 12.8 Å². The number of aliphatic hydroxyl groups is 1. The summed E-state index contributed by atoms with van der Waals surface area (Å²) >= 11 is 2.18. The Morgan fingerprint density at radius 3 is 2.91 bits per heavy atom. The largest absolute Gasteiger partial charge is 0.396 e. The van der Waals surface area contributed by atoms with Crippen LogP contribution in [0.4, 0.5) is 0 Å². The number of hydrogen-bond donors (Lipinski definition) is 1. The van der Waals surface area contributed by atoms with Gasteiger partial charge in [0.05, 0.1) is 6.33 Å². The standard InChI is InChI=1S/C7H11IN2O/c8-7-5-10(6-9-7)3-1-2-4-11/h5-6,11H,1-4H2. The van der Waals surface area contributed by atoms with Crippen LogP contribution in [-0.2, 0) is 6.54 Å². The third-order valence-electron chi connectivity index (χ3n) is 1.43. The molecule has 0 fully saturated rings. The van der Waals surface area contributed by atoms with E-state index in [9.17, 15) is 0 Å². The van der Waals surface area contributed by atoms with Gasteiger partial charge in [0.1, 0.15) is 3.70 Å². The average Bonchev–Trinajstić information content (AvgIpc) is 2.37. The summed E-state index contributed by atoms with van der Waals surface area (Å²) in [6, 6.07) is 0. The van der Waals surface area contributed by atoms with Crippen LogP contribution in [0.3, 0.4) is 0 Å². The van der Waals surface area contributed by atoms with Gasteiger partial charge in [-0.15, -0.1) is 0 Å². The van der Waals surface area contributed by atoms with Gasteiger partial charge in [-0.1, -0.05) is 0 Å². The molecule has 3 nitrogen and oxygen atoms in total. The molecule has 0 unspecified atom stereocenters. The molecule has 0 saturated heterocycles. The zero-order valence-corrected chi connectivity index (χ0v) is 8.36. The van der Waals surface area contributed by atoms with E-state index >= 15 is 0 Å². The van der Waals surface area contributed by atoms with E-state index < -0.39 is 0 Å². The van der Waals surface area contributed by atoms with E-state index in [-0.39, 0.29) is 6.61 Å². The molecule has 0 amide bonds. The average molecular weight is 266 g/mol. The van der Waals surface area contributed by atoms with Crippen molar-refractivity contribution in [2.45, 2.75) is 19.4 Å². The molecule has 1 rings (SSSR count). The smallest absolute Gasteiger partial charge is 0.119 e. The second kappa shape index (κ2) is 4.71. The number of hydrogen-bond acceptors (Lipinski definition) is 2. The molecular weight excluding hydrogens is 255 g/mol. The van der Waals surface area contributed by atoms with Gasteiger partial charge in [-0.25, -0.2) is 4.98 Å². The molecule has 11 heavy (non-hydrogen) atoms. The first-order valence-corrected chi connectivity index (χ1v) is 4.69. The van der Waals surface area contributed by atoms with Crippen molar-refractivity contribution in [1.29, 1.82) is 0 Å². The molecule has 0 radical (unpaired) electrons. The topological polar surface area (TPSA) is 38.0 Å². The van der Waals surface area contributed by atoms with E-state index in [1.165, 1.54) is 0 Å². The lowest BCUT2D eigenvalue weighted by Gasteiger charge is -1.98. The van der Waals surface area contributed by atoms with Crippen molar-refractivity contribution >= 4 is 22.6 Å². The first kappa shape index (κ1) is 8.99. The summed E-state index contributed by atoms with van der Waals surface area (Å²) in [5, 5.41) is 8.52. The van der Waals surface area contributed by atoms with Gasteiger partial charge in [0.25, 0.3) is 0 Å². The van der Waals surface area contributed by atoms with Gasteiger partial charge in [-0.2, -0.15) is 0 Å². The van der Waals surface area contributed by atoms with Crippen LogP contribution in [0.5, 0.6) is 0 Å². The zero-order valence-electron chi connectivity index (χ0n) is 6.20. The SMILES string of the molecule is OCCCCn1cnc(I)c1. The highest BCUT2D eigenvalue weighted by Crippen LogP contribution is 2.01. The second-order valence-corrected chi connectivity index (χ2v) is 3.47. The van der Waals surface area contributed by atoms with Crippen molar-refractivity contribution in [3.8, 4) is 0 Å². The van der Waals surface area contributed by atoms with E-state index in [1.807, 2.05) is 17.1 Å². The zero-order chi connectivity index (χ0) is 8.10. The number of nitrogens with zero attached hydrogens (tertiary/aromatic N) is 2. The number of rotatable bonds is 4. The van der Waals surface area contributed by atoms with Crippen LogP contribution in [0.25, 0.3) is 0 Å². The molecule has 1 heterocycles. The summed E-state index contributed by atoms with van der Waals surface area (Å²) in [5.41, 5.74) is 0. The number of imidazole rings is 1. The number of halogens is 1. The van der Waals surface area contributed by atoms with Gasteiger partial charge >= 0.3 is 0 Å². The predicted molar refractivity (Wildman–Crippen MR) is 51.3 cm³/mol. The minimum absolute atomic E-state index is 0.284. The van der Waals surface area contributed by atoms with Gasteiger partial charge in [-0.05, 0) is 35.4 Å². The monoisotopic (exact) mass is 266 g/mol. The third-order valence-corrected chi connectivity index (χ3v) is 1.98. The van der Waals surface area contributed by atoms with Crippen LogP contribution in [0.2, 0.25) is 0 Å². The van der Waals surface area contributed by atoms with Crippen molar-refractivity contribution in [2.75, 3.05) is 6.61 Å². The lowest BCUT2D eigenvalue weighted by Crippen LogP contribution is -1.95. The number of aliphatic hydroxyl groups excluding tert-OH is 1. The Balaban J connectivity index is 2.27. The lowest BCUT2D eigenvalue weighted by molar-refractivity contribution is 0.281. The van der Waals surface area contributed by atoms with Crippen LogP contribution in [0, 0.1) is 3.70 Å². The van der Waals surface area contributed by atoms with Crippen molar-refractivity contribution in [1.82, 2.24) is 9.55 Å². The molecule has 0 aliphatic heterocycles. The van der Waals surface area contributed by atoms with Crippen molar-refractivity contribution in [2.24, 2.45) is 0 Å². The van der Waals surface area contributed by atoms with Gasteiger partial charge < -0.3 is 9.67 Å². The fraction of sp³-hybridized carbons (Fsp3) is 0.571. The highest BCUT2D eigenvalue weighted by atomic mass is 127. The number of aromatic nitrogens is 2. The van der Waals surface area contributed by atoms with Crippen LogP contribution in [0.15, 0.2) is 12.5 Å². The minimum Gasteiger partial charge on any atom is -0.396 e. The van der Waals surface area contributed by atoms with Crippen LogP contribution in [-0.4, -0.2) is 21.3 Å². The summed E-state index contributed by atoms with van der Waals surface area (Å²) < 4.78 is 3.06. The number of aryl methyl sites for hydroxylation is 1. The highest BCUT2D eigenvalue weighted by Gasteiger charge is 1.93. The molecule has 62 valence electrons. The summed E-state index contributed by atoms with van der Waals surface area (Å²) in [5.74, 6) is 0. The molecular formula is C7H11IN2O. The fourth-order valence-corrected chi connectivity index (χ4v) is 1.34. The van der Waals surface area contributed by atoms with E-state index in [4.69, 9.17) is 5.11 Å². The third kappa shape index (κ3) is 3.20. The lowest BCUT2D eigenvalue weighted by atomic mass is 10.3. The van der Waals surface area contributed by atoms with Crippen LogP contribution < -0.4 is 0 Å². The maximum atomic E-state index is 8.52. The Bertz CT molecular complexity index is 212. The molecule has 0 bridgehead atoms. The van der Waals surface area contributed by atoms with E-state index in [0.717, 1.165) is 23.1 Å². The van der Waals surface area contributed by atoms with Gasteiger partial charge in [-0.3, -0.25) is 0 Å². The van der Waals surface area contributed by atoms with Crippen LogP contribution >= 0.6 is 22.6 Å². The normalized spacial score (nSPS) is 10.4. The first-order chi connectivity index (χ1) is 5.33. The Morgan fingerprint density at radius 2 is 2.36 bits per heavy atom. The van der Waals surface area contributed by atoms with E-state index in [0.29, 0.717) is 0 Å². The van der Waals surface area contributed by atoms with E-state index in [2.05, 4.69) is 27.6 Å². The number of unbranched alkanes of at least 4 members (excludes halogenated alkanes) is 1. The molecule has 1 N–H and O–H groups in total. The maximum Gasteiger partial charge on any atom is 0.119 e. The Morgan fingerprint density at radius 1 is 1.55 bits per heavy atom. The van der Waals surface area contributed by atoms with E-state index in [1.54, 1.807) is 0 Å². The molecule has 0 aliphatic rings. The molecule has 4 heteroatoms. The summed E-state index contributed by atoms with van der Waals surface area (Å²) in [4.78, 5) is 4.08. The Hall–Kier alpha value is -0.100. The molecule has 0 aromatic carbocycles. The molecule has 1 aromatic rings. The van der Waals surface area contributed by atoms with Gasteiger partial charge in [0, 0.05) is 19.3 Å². The summed E-state index contributed by atoms with van der Waals surface area (Å²) in [7, 11) is 0. The second-order valence-electron chi connectivity index (χ2n) is 2.36. The maximum absolute atomic E-state index is 8.52. The Labute approximate surface area is 79.6 Å². The minimum atomic E-state index is 0.284. The first-order valence-electron chi connectivity index (χ1n) is 3.61. The van der Waals surface area contributed by atoms with Gasteiger partial charge in [0.2, 0.25) is 0 Å². The summed E-state index contributed by atoms with van der Waals surface area (Å²) in [6.07, 6.45) is 5.70. The highest BCUT2D eigenvalue weighted by molar-refractivity contribution is 14.1. The van der Waals surface area contributed by atoms with Crippen molar-refractivity contribution < 1.29 is 5.11 Å². The molecule has 1 aromatic heterocycles. The Kier molecular flexibility index (Phi) is 3.85. The molecule has 0 atom stereocenters. The van der Waals surface area contributed by atoms with Gasteiger partial charge in [0.15, 0.2) is 0 Å². The fourth-order valence-electron chi connectivity index (χ4n) is 0.861. The summed E-state index contributed by atoms with van der Waals surface area (Å²) in [6.45, 7) is 1.24. The quantitative estimate of drug-likeness (QED) is 0.658. The molecule has 0 saturated carbocycles. The van der Waals surface area contributed by atoms with Crippen molar-refractivity contribution in [3.63, 3.8) is 0 Å². The molecule has 0 spiro atoms. The predicted octanol–water partition coefficient (Wildman–Crippen LogP) is 1.26. The molecule has 0 aliphatic carbocycles.